The predicted molar refractivity (Wildman–Crippen MR) is 72.1 cm³/mol. The summed E-state index contributed by atoms with van der Waals surface area (Å²) in [5.41, 5.74) is -0.649. The van der Waals surface area contributed by atoms with E-state index in [-0.39, 0.29) is 11.3 Å². The van der Waals surface area contributed by atoms with Crippen molar-refractivity contribution in [3.8, 4) is 11.1 Å². The third-order valence-corrected chi connectivity index (χ3v) is 2.84. The van der Waals surface area contributed by atoms with Crippen LogP contribution in [0.5, 0.6) is 0 Å². The smallest absolute Gasteiger partial charge is 0.343 e. The third kappa shape index (κ3) is 2.68. The normalized spacial score (nSPS) is 10.1. The van der Waals surface area contributed by atoms with Crippen LogP contribution in [0.25, 0.3) is 11.1 Å². The van der Waals surface area contributed by atoms with E-state index < -0.39 is 27.1 Å². The molecule has 0 heterocycles. The van der Waals surface area contributed by atoms with E-state index in [0.717, 1.165) is 6.07 Å². The van der Waals surface area contributed by atoms with Crippen molar-refractivity contribution in [1.29, 1.82) is 0 Å². The van der Waals surface area contributed by atoms with Crippen LogP contribution in [0.2, 0.25) is 0 Å². The van der Waals surface area contributed by atoms with E-state index in [1.807, 2.05) is 0 Å². The number of carboxylic acid groups (broad SMARTS) is 1. The van der Waals surface area contributed by atoms with E-state index in [1.54, 1.807) is 0 Å². The highest BCUT2D eigenvalue weighted by atomic mass is 16.6. The second-order valence-electron chi connectivity index (χ2n) is 4.07. The molecule has 0 aromatic heterocycles. The van der Waals surface area contributed by atoms with Crippen molar-refractivity contribution in [2.45, 2.75) is 0 Å². The van der Waals surface area contributed by atoms with Crippen LogP contribution in [0.15, 0.2) is 42.5 Å². The average Bonchev–Trinajstić information content (AvgIpc) is 2.46. The average molecular weight is 288 g/mol. The van der Waals surface area contributed by atoms with Gasteiger partial charge < -0.3 is 5.11 Å². The number of aromatic carboxylic acids is 1. The molecule has 0 spiro atoms. The van der Waals surface area contributed by atoms with Crippen LogP contribution < -0.4 is 0 Å². The lowest BCUT2D eigenvalue weighted by atomic mass is 9.98. The summed E-state index contributed by atoms with van der Waals surface area (Å²) in [6.45, 7) is 0. The number of hydrogen-bond donors (Lipinski definition) is 1. The van der Waals surface area contributed by atoms with E-state index in [1.165, 1.54) is 36.4 Å². The standard InChI is InChI=1S/C13H8N2O6/c16-13(17)12-10(2-1-3-11(12)15(20)21)8-4-6-9(7-5-8)14(18)19/h1-7H,(H,16,17). The summed E-state index contributed by atoms with van der Waals surface area (Å²) >= 11 is 0. The molecule has 0 bridgehead atoms. The van der Waals surface area contributed by atoms with Crippen LogP contribution in [-0.4, -0.2) is 20.9 Å². The molecule has 0 unspecified atom stereocenters. The van der Waals surface area contributed by atoms with E-state index >= 15 is 0 Å². The molecule has 2 rings (SSSR count). The molecular weight excluding hydrogens is 280 g/mol. The van der Waals surface area contributed by atoms with Gasteiger partial charge in [0.15, 0.2) is 0 Å². The molecule has 0 aliphatic rings. The zero-order valence-electron chi connectivity index (χ0n) is 10.4. The van der Waals surface area contributed by atoms with Gasteiger partial charge in [0.25, 0.3) is 11.4 Å². The molecule has 0 aliphatic heterocycles. The number of non-ortho nitro benzene ring substituents is 1. The number of hydrogen-bond acceptors (Lipinski definition) is 5. The third-order valence-electron chi connectivity index (χ3n) is 2.84. The van der Waals surface area contributed by atoms with Crippen molar-refractivity contribution in [3.63, 3.8) is 0 Å². The molecule has 0 saturated heterocycles. The summed E-state index contributed by atoms with van der Waals surface area (Å²) in [4.78, 5) is 31.4. The number of carboxylic acids is 1. The first-order chi connectivity index (χ1) is 9.91. The van der Waals surface area contributed by atoms with Crippen molar-refractivity contribution in [3.05, 3.63) is 68.3 Å². The lowest BCUT2D eigenvalue weighted by molar-refractivity contribution is -0.385. The van der Waals surface area contributed by atoms with Gasteiger partial charge in [0.1, 0.15) is 5.56 Å². The van der Waals surface area contributed by atoms with Crippen molar-refractivity contribution in [1.82, 2.24) is 0 Å². The Morgan fingerprint density at radius 3 is 2.05 bits per heavy atom. The summed E-state index contributed by atoms with van der Waals surface area (Å²) in [6, 6.07) is 8.99. The van der Waals surface area contributed by atoms with Gasteiger partial charge >= 0.3 is 5.97 Å². The van der Waals surface area contributed by atoms with Gasteiger partial charge in [-0.2, -0.15) is 0 Å². The highest BCUT2D eigenvalue weighted by Crippen LogP contribution is 2.31. The summed E-state index contributed by atoms with van der Waals surface area (Å²) in [5, 5.41) is 30.7. The second kappa shape index (κ2) is 5.37. The molecule has 0 fully saturated rings. The first-order valence-electron chi connectivity index (χ1n) is 5.67. The Hall–Kier alpha value is -3.29. The molecule has 0 saturated carbocycles. The van der Waals surface area contributed by atoms with Gasteiger partial charge in [-0.3, -0.25) is 20.2 Å². The van der Waals surface area contributed by atoms with Gasteiger partial charge in [-0.05, 0) is 17.7 Å². The fourth-order valence-electron chi connectivity index (χ4n) is 1.92. The van der Waals surface area contributed by atoms with Crippen molar-refractivity contribution < 1.29 is 19.7 Å². The summed E-state index contributed by atoms with van der Waals surface area (Å²) in [7, 11) is 0. The van der Waals surface area contributed by atoms with Gasteiger partial charge in [-0.25, -0.2) is 4.79 Å². The van der Waals surface area contributed by atoms with E-state index in [9.17, 15) is 30.1 Å². The maximum Gasteiger partial charge on any atom is 0.343 e. The lowest BCUT2D eigenvalue weighted by Crippen LogP contribution is -2.05. The van der Waals surface area contributed by atoms with E-state index in [2.05, 4.69) is 0 Å². The van der Waals surface area contributed by atoms with Crippen LogP contribution >= 0.6 is 0 Å². The summed E-state index contributed by atoms with van der Waals surface area (Å²) in [5.74, 6) is -1.43. The van der Waals surface area contributed by atoms with Crippen LogP contribution in [-0.2, 0) is 0 Å². The fourth-order valence-corrected chi connectivity index (χ4v) is 1.92. The number of nitrogens with zero attached hydrogens (tertiary/aromatic N) is 2. The molecule has 1 N–H and O–H groups in total. The second-order valence-corrected chi connectivity index (χ2v) is 4.07. The first kappa shape index (κ1) is 14.1. The van der Waals surface area contributed by atoms with Crippen LogP contribution in [0.3, 0.4) is 0 Å². The zero-order valence-corrected chi connectivity index (χ0v) is 10.4. The summed E-state index contributed by atoms with van der Waals surface area (Å²) < 4.78 is 0. The van der Waals surface area contributed by atoms with Crippen LogP contribution in [0.1, 0.15) is 10.4 Å². The summed E-state index contributed by atoms with van der Waals surface area (Å²) in [6.07, 6.45) is 0. The molecule has 2 aromatic carbocycles. The Kier molecular flexibility index (Phi) is 3.61. The van der Waals surface area contributed by atoms with Crippen LogP contribution in [0.4, 0.5) is 11.4 Å². The maximum atomic E-state index is 11.3. The predicted octanol–water partition coefficient (Wildman–Crippen LogP) is 2.87. The highest BCUT2D eigenvalue weighted by molar-refractivity contribution is 6.00. The Morgan fingerprint density at radius 1 is 0.952 bits per heavy atom. The van der Waals surface area contributed by atoms with Crippen molar-refractivity contribution >= 4 is 17.3 Å². The van der Waals surface area contributed by atoms with E-state index in [4.69, 9.17) is 0 Å². The molecule has 106 valence electrons. The molecule has 0 atom stereocenters. The molecule has 21 heavy (non-hydrogen) atoms. The van der Waals surface area contributed by atoms with Gasteiger partial charge in [-0.1, -0.05) is 12.1 Å². The maximum absolute atomic E-state index is 11.3. The van der Waals surface area contributed by atoms with E-state index in [0.29, 0.717) is 5.56 Å². The molecule has 0 aliphatic carbocycles. The molecule has 0 radical (unpaired) electrons. The van der Waals surface area contributed by atoms with Crippen molar-refractivity contribution in [2.75, 3.05) is 0 Å². The molecular formula is C13H8N2O6. The number of benzene rings is 2. The number of rotatable bonds is 4. The Bertz CT molecular complexity index is 739. The van der Waals surface area contributed by atoms with Gasteiger partial charge in [0.2, 0.25) is 0 Å². The SMILES string of the molecule is O=C(O)c1c(-c2ccc([N+](=O)[O-])cc2)cccc1[N+](=O)[O-]. The molecule has 8 heteroatoms. The van der Waals surface area contributed by atoms with Gasteiger partial charge in [0, 0.05) is 23.8 Å². The molecule has 8 nitrogen and oxygen atoms in total. The molecule has 2 aromatic rings. The largest absolute Gasteiger partial charge is 0.477 e. The first-order valence-corrected chi connectivity index (χ1v) is 5.67. The lowest BCUT2D eigenvalue weighted by Gasteiger charge is -2.06. The number of nitro benzene ring substituents is 2. The Labute approximate surface area is 117 Å². The quantitative estimate of drug-likeness (QED) is 0.681. The highest BCUT2D eigenvalue weighted by Gasteiger charge is 2.24. The Morgan fingerprint density at radius 2 is 1.57 bits per heavy atom. The fraction of sp³-hybridized carbons (Fsp3) is 0. The van der Waals surface area contributed by atoms with Crippen molar-refractivity contribution in [2.24, 2.45) is 0 Å². The van der Waals surface area contributed by atoms with Crippen LogP contribution in [0, 0.1) is 20.2 Å². The topological polar surface area (TPSA) is 124 Å². The molecule has 0 amide bonds. The minimum absolute atomic E-state index is 0.131. The number of nitro groups is 2. The Balaban J connectivity index is 2.63. The van der Waals surface area contributed by atoms with Gasteiger partial charge in [0.05, 0.1) is 9.85 Å². The minimum Gasteiger partial charge on any atom is -0.477 e. The number of carbonyl (C=O) groups is 1. The monoisotopic (exact) mass is 288 g/mol. The van der Waals surface area contributed by atoms with Gasteiger partial charge in [-0.15, -0.1) is 0 Å². The zero-order chi connectivity index (χ0) is 15.6. The minimum atomic E-state index is -1.43.